The Morgan fingerprint density at radius 1 is 0.667 bits per heavy atom. The zero-order valence-corrected chi connectivity index (χ0v) is 7.86. The summed E-state index contributed by atoms with van der Waals surface area (Å²) in [5, 5.41) is 12.1. The van der Waals surface area contributed by atoms with E-state index in [-0.39, 0.29) is 0 Å². The molecule has 0 amide bonds. The van der Waals surface area contributed by atoms with Crippen molar-refractivity contribution >= 4 is 33.8 Å². The molecule has 0 aromatic carbocycles. The first-order chi connectivity index (χ1) is 5.20. The molecule has 0 fully saturated rings. The highest BCUT2D eigenvalue weighted by Gasteiger charge is 1.40. The molecule has 6 N–H and O–H groups in total. The first kappa shape index (κ1) is 18.1. The second-order valence-electron chi connectivity index (χ2n) is 0.781. The summed E-state index contributed by atoms with van der Waals surface area (Å²) in [7, 11) is 0. The molecule has 0 saturated heterocycles. The minimum absolute atomic E-state index is 2.36. The van der Waals surface area contributed by atoms with Crippen molar-refractivity contribution < 1.29 is 26.3 Å². The molecule has 3 atom stereocenters. The van der Waals surface area contributed by atoms with Gasteiger partial charge in [0.2, 0.25) is 0 Å². The van der Waals surface area contributed by atoms with Crippen molar-refractivity contribution in [2.45, 2.75) is 0 Å². The Kier molecular flexibility index (Phi) is 20.8. The van der Waals surface area contributed by atoms with Gasteiger partial charge in [0, 0.05) is 33.8 Å². The first-order valence-corrected chi connectivity index (χ1v) is 5.12. The fraction of sp³-hybridized carbons (Fsp3) is 0. The molecule has 0 aliphatic rings. The van der Waals surface area contributed by atoms with Gasteiger partial charge in [-0.05, 0) is 0 Å². The Balaban J connectivity index is -0.000000101. The molecule has 9 nitrogen and oxygen atoms in total. The van der Waals surface area contributed by atoms with Crippen LogP contribution in [-0.4, -0.2) is 26.3 Å². The number of rotatable bonds is 0. The minimum atomic E-state index is -2.36. The van der Waals surface area contributed by atoms with Crippen LogP contribution in [0.4, 0.5) is 0 Å². The number of nitrogens with two attached hydrogens (primary N) is 3. The third kappa shape index (κ3) is 19600. The van der Waals surface area contributed by atoms with Crippen molar-refractivity contribution in [1.29, 1.82) is 0 Å². The SMILES string of the molecule is NS(=O)[O-].NS(=O)[O-].NS(=O)[O-]. The highest BCUT2D eigenvalue weighted by molar-refractivity contribution is 7.77. The molecule has 0 rings (SSSR count). The second kappa shape index (κ2) is 13.8. The summed E-state index contributed by atoms with van der Waals surface area (Å²) in [5.41, 5.74) is 0. The average Bonchev–Trinajstić information content (AvgIpc) is 1.54. The third-order valence-corrected chi connectivity index (χ3v) is 0. The van der Waals surface area contributed by atoms with Crippen molar-refractivity contribution in [2.75, 3.05) is 0 Å². The highest BCUT2D eigenvalue weighted by Crippen LogP contribution is 1.33. The molecular formula is H6N3O6S3-3. The van der Waals surface area contributed by atoms with E-state index in [9.17, 15) is 0 Å². The Morgan fingerprint density at radius 3 is 0.667 bits per heavy atom. The quantitative estimate of drug-likeness (QED) is 0.362. The van der Waals surface area contributed by atoms with Gasteiger partial charge in [-0.25, -0.2) is 0 Å². The molecule has 0 bridgehead atoms. The van der Waals surface area contributed by atoms with Crippen molar-refractivity contribution in [3.05, 3.63) is 0 Å². The molecular weight excluding hydrogens is 234 g/mol. The molecule has 0 radical (unpaired) electrons. The fourth-order valence-electron chi connectivity index (χ4n) is 0. The maximum atomic E-state index is 8.78. The normalized spacial score (nSPS) is 15.5. The fourth-order valence-corrected chi connectivity index (χ4v) is 0. The van der Waals surface area contributed by atoms with Gasteiger partial charge in [0.15, 0.2) is 0 Å². The van der Waals surface area contributed by atoms with Crippen LogP contribution in [0, 0.1) is 0 Å². The molecule has 12 heavy (non-hydrogen) atoms. The summed E-state index contributed by atoms with van der Waals surface area (Å²) in [4.78, 5) is 0. The van der Waals surface area contributed by atoms with E-state index in [2.05, 4.69) is 15.4 Å². The molecule has 0 aliphatic carbocycles. The van der Waals surface area contributed by atoms with Gasteiger partial charge in [-0.15, -0.1) is 0 Å². The molecule has 0 aromatic heterocycles. The lowest BCUT2D eigenvalue weighted by atomic mass is 13.9. The van der Waals surface area contributed by atoms with E-state index in [1.807, 2.05) is 0 Å². The lowest BCUT2D eigenvalue weighted by molar-refractivity contribution is 0.537. The van der Waals surface area contributed by atoms with E-state index in [1.54, 1.807) is 0 Å². The maximum Gasteiger partial charge on any atom is 0.0152 e. The van der Waals surface area contributed by atoms with Gasteiger partial charge in [-0.2, -0.15) is 0 Å². The Hall–Kier alpha value is 0.210. The van der Waals surface area contributed by atoms with Gasteiger partial charge in [-0.1, -0.05) is 0 Å². The molecule has 0 saturated carbocycles. The van der Waals surface area contributed by atoms with E-state index < -0.39 is 33.8 Å². The van der Waals surface area contributed by atoms with E-state index >= 15 is 0 Å². The van der Waals surface area contributed by atoms with Crippen LogP contribution in [0.1, 0.15) is 0 Å². The Bertz CT molecular complexity index is 116. The van der Waals surface area contributed by atoms with Gasteiger partial charge < -0.3 is 13.7 Å². The summed E-state index contributed by atoms with van der Waals surface area (Å²) < 4.78 is 52.7. The largest absolute Gasteiger partial charge is 0.760 e. The maximum absolute atomic E-state index is 8.78. The van der Waals surface area contributed by atoms with Crippen LogP contribution in [0.3, 0.4) is 0 Å². The zero-order chi connectivity index (χ0) is 10.7. The zero-order valence-electron chi connectivity index (χ0n) is 5.41. The molecule has 0 heterocycles. The lowest BCUT2D eigenvalue weighted by Crippen LogP contribution is -1.97. The number of hydrogen-bond donors (Lipinski definition) is 3. The van der Waals surface area contributed by atoms with Crippen molar-refractivity contribution in [3.8, 4) is 0 Å². The highest BCUT2D eigenvalue weighted by atomic mass is 32.2. The summed E-state index contributed by atoms with van der Waals surface area (Å²) in [6.45, 7) is 0. The summed E-state index contributed by atoms with van der Waals surface area (Å²) in [6.07, 6.45) is 0. The first-order valence-electron chi connectivity index (χ1n) is 1.71. The Labute approximate surface area is 75.9 Å². The number of hydrogen-bond acceptors (Lipinski definition) is 6. The molecule has 0 spiro atoms. The van der Waals surface area contributed by atoms with Crippen LogP contribution in [-0.2, 0) is 33.8 Å². The van der Waals surface area contributed by atoms with Crippen LogP contribution in [0.15, 0.2) is 0 Å². The average molecular weight is 240 g/mol. The van der Waals surface area contributed by atoms with Gasteiger partial charge >= 0.3 is 0 Å². The van der Waals surface area contributed by atoms with Crippen molar-refractivity contribution in [2.24, 2.45) is 15.4 Å². The van der Waals surface area contributed by atoms with E-state index in [1.165, 1.54) is 0 Å². The molecule has 0 aliphatic heterocycles. The topological polar surface area (TPSA) is 198 Å². The minimum Gasteiger partial charge on any atom is -0.760 e. The monoisotopic (exact) mass is 240 g/mol. The summed E-state index contributed by atoms with van der Waals surface area (Å²) >= 11 is -7.08. The standard InChI is InChI=1S/3H3NO2S/c3*1-4(2)3/h3*1H2,(H,2,3)/p-3. The van der Waals surface area contributed by atoms with Crippen LogP contribution in [0.5, 0.6) is 0 Å². The molecule has 78 valence electrons. The van der Waals surface area contributed by atoms with Crippen LogP contribution >= 0.6 is 0 Å². The lowest BCUT2D eigenvalue weighted by Gasteiger charge is -1.85. The van der Waals surface area contributed by atoms with Gasteiger partial charge in [-0.3, -0.25) is 28.0 Å². The van der Waals surface area contributed by atoms with Gasteiger partial charge in [0.25, 0.3) is 0 Å². The van der Waals surface area contributed by atoms with Crippen LogP contribution in [0.25, 0.3) is 0 Å². The van der Waals surface area contributed by atoms with Crippen molar-refractivity contribution in [1.82, 2.24) is 0 Å². The third-order valence-electron chi connectivity index (χ3n) is 0. The van der Waals surface area contributed by atoms with Crippen LogP contribution in [0.2, 0.25) is 0 Å². The predicted molar refractivity (Wildman–Crippen MR) is 39.3 cm³/mol. The van der Waals surface area contributed by atoms with E-state index in [0.29, 0.717) is 0 Å². The van der Waals surface area contributed by atoms with E-state index in [0.717, 1.165) is 0 Å². The Morgan fingerprint density at radius 2 is 0.667 bits per heavy atom. The van der Waals surface area contributed by atoms with Gasteiger partial charge in [0.05, 0.1) is 0 Å². The predicted octanol–water partition coefficient (Wildman–Crippen LogP) is -3.78. The second-order valence-corrected chi connectivity index (χ2v) is 2.34. The van der Waals surface area contributed by atoms with E-state index in [4.69, 9.17) is 26.3 Å². The molecule has 0 aromatic rings. The van der Waals surface area contributed by atoms with Crippen LogP contribution < -0.4 is 15.4 Å². The molecule has 12 heteroatoms. The smallest absolute Gasteiger partial charge is 0.0152 e. The summed E-state index contributed by atoms with van der Waals surface area (Å²) in [6, 6.07) is 0. The summed E-state index contributed by atoms with van der Waals surface area (Å²) in [5.74, 6) is 0. The molecule has 3 unspecified atom stereocenters. The van der Waals surface area contributed by atoms with Gasteiger partial charge in [0.1, 0.15) is 0 Å². The van der Waals surface area contributed by atoms with Crippen molar-refractivity contribution in [3.63, 3.8) is 0 Å².